The summed E-state index contributed by atoms with van der Waals surface area (Å²) in [5.41, 5.74) is 5.13. The third-order valence-electron chi connectivity index (χ3n) is 3.01. The van der Waals surface area contributed by atoms with Crippen LogP contribution in [0.25, 0.3) is 0 Å². The second-order valence-corrected chi connectivity index (χ2v) is 5.14. The van der Waals surface area contributed by atoms with Crippen LogP contribution in [0.4, 0.5) is 10.1 Å². The van der Waals surface area contributed by atoms with Crippen molar-refractivity contribution in [2.24, 2.45) is 5.10 Å². The molecule has 0 aromatic heterocycles. The second kappa shape index (κ2) is 8.24. The van der Waals surface area contributed by atoms with Gasteiger partial charge in [-0.05, 0) is 68.0 Å². The minimum atomic E-state index is -0.276. The van der Waals surface area contributed by atoms with Gasteiger partial charge in [0.05, 0.1) is 12.3 Å². The SMILES string of the molecule is CCOc1ccc(NC(=S)N/N=C(/C)c2ccc(F)cc2)cc1. The van der Waals surface area contributed by atoms with Crippen LogP contribution in [0.15, 0.2) is 53.6 Å². The maximum atomic E-state index is 12.9. The summed E-state index contributed by atoms with van der Waals surface area (Å²) in [6, 6.07) is 13.6. The van der Waals surface area contributed by atoms with Crippen LogP contribution in [-0.4, -0.2) is 17.4 Å². The van der Waals surface area contributed by atoms with Crippen molar-refractivity contribution in [1.29, 1.82) is 0 Å². The average Bonchev–Trinajstić information content (AvgIpc) is 2.55. The molecule has 0 radical (unpaired) electrons. The fraction of sp³-hybridized carbons (Fsp3) is 0.176. The van der Waals surface area contributed by atoms with Crippen molar-refractivity contribution < 1.29 is 9.13 Å². The van der Waals surface area contributed by atoms with Gasteiger partial charge in [-0.25, -0.2) is 4.39 Å². The summed E-state index contributed by atoms with van der Waals surface area (Å²) in [4.78, 5) is 0. The Kier molecular flexibility index (Phi) is 6.05. The number of hydrogen-bond acceptors (Lipinski definition) is 3. The minimum absolute atomic E-state index is 0.276. The van der Waals surface area contributed by atoms with Gasteiger partial charge in [0.1, 0.15) is 11.6 Å². The summed E-state index contributed by atoms with van der Waals surface area (Å²) < 4.78 is 18.3. The lowest BCUT2D eigenvalue weighted by molar-refractivity contribution is 0.340. The number of halogens is 1. The number of hydrazone groups is 1. The van der Waals surface area contributed by atoms with Gasteiger partial charge in [0.2, 0.25) is 0 Å². The van der Waals surface area contributed by atoms with Crippen molar-refractivity contribution in [2.75, 3.05) is 11.9 Å². The lowest BCUT2D eigenvalue weighted by Gasteiger charge is -2.09. The largest absolute Gasteiger partial charge is 0.494 e. The monoisotopic (exact) mass is 331 g/mol. The summed E-state index contributed by atoms with van der Waals surface area (Å²) >= 11 is 5.19. The van der Waals surface area contributed by atoms with Crippen molar-refractivity contribution in [3.63, 3.8) is 0 Å². The standard InChI is InChI=1S/C17H18FN3OS/c1-3-22-16-10-8-15(9-11-16)19-17(23)21-20-12(2)13-4-6-14(18)7-5-13/h4-11H,3H2,1-2H3,(H2,19,21,23)/b20-12-. The summed E-state index contributed by atoms with van der Waals surface area (Å²) in [5.74, 6) is 0.532. The molecule has 0 bridgehead atoms. The van der Waals surface area contributed by atoms with E-state index in [0.717, 1.165) is 17.0 Å². The van der Waals surface area contributed by atoms with Gasteiger partial charge in [-0.2, -0.15) is 5.10 Å². The first kappa shape index (κ1) is 16.9. The van der Waals surface area contributed by atoms with E-state index >= 15 is 0 Å². The normalized spacial score (nSPS) is 11.0. The van der Waals surface area contributed by atoms with E-state index < -0.39 is 0 Å². The Morgan fingerprint density at radius 1 is 1.13 bits per heavy atom. The van der Waals surface area contributed by atoms with Gasteiger partial charge in [-0.3, -0.25) is 5.43 Å². The first-order chi connectivity index (χ1) is 11.1. The van der Waals surface area contributed by atoms with Crippen molar-refractivity contribution in [3.05, 3.63) is 59.9 Å². The zero-order chi connectivity index (χ0) is 16.7. The number of hydrogen-bond donors (Lipinski definition) is 2. The molecular formula is C17H18FN3OS. The number of ether oxygens (including phenoxy) is 1. The summed E-state index contributed by atoms with van der Waals surface area (Å²) in [6.07, 6.45) is 0. The molecule has 0 heterocycles. The van der Waals surface area contributed by atoms with Crippen molar-refractivity contribution in [1.82, 2.24) is 5.43 Å². The van der Waals surface area contributed by atoms with Crippen molar-refractivity contribution in [3.8, 4) is 5.75 Å². The minimum Gasteiger partial charge on any atom is -0.494 e. The van der Waals surface area contributed by atoms with E-state index in [2.05, 4.69) is 15.8 Å². The number of rotatable bonds is 5. The molecule has 120 valence electrons. The molecule has 0 unspecified atom stereocenters. The van der Waals surface area contributed by atoms with Gasteiger partial charge in [-0.15, -0.1) is 0 Å². The molecule has 2 rings (SSSR count). The molecule has 0 aliphatic rings. The predicted octanol–water partition coefficient (Wildman–Crippen LogP) is 3.94. The molecule has 0 fully saturated rings. The quantitative estimate of drug-likeness (QED) is 0.495. The zero-order valence-corrected chi connectivity index (χ0v) is 13.8. The third kappa shape index (κ3) is 5.34. The summed E-state index contributed by atoms with van der Waals surface area (Å²) in [5, 5.41) is 7.58. The lowest BCUT2D eigenvalue weighted by Crippen LogP contribution is -2.24. The number of benzene rings is 2. The Morgan fingerprint density at radius 2 is 1.78 bits per heavy atom. The van der Waals surface area contributed by atoms with Crippen LogP contribution in [0.2, 0.25) is 0 Å². The fourth-order valence-corrected chi connectivity index (χ4v) is 2.01. The maximum absolute atomic E-state index is 12.9. The molecule has 0 saturated carbocycles. The molecule has 2 aromatic carbocycles. The van der Waals surface area contributed by atoms with E-state index in [-0.39, 0.29) is 5.82 Å². The van der Waals surface area contributed by atoms with Gasteiger partial charge >= 0.3 is 0 Å². The first-order valence-electron chi connectivity index (χ1n) is 7.18. The van der Waals surface area contributed by atoms with Gasteiger partial charge in [-0.1, -0.05) is 12.1 Å². The van der Waals surface area contributed by atoms with Gasteiger partial charge in [0.25, 0.3) is 0 Å². The van der Waals surface area contributed by atoms with Gasteiger partial charge in [0, 0.05) is 5.69 Å². The topological polar surface area (TPSA) is 45.6 Å². The predicted molar refractivity (Wildman–Crippen MR) is 95.6 cm³/mol. The highest BCUT2D eigenvalue weighted by Gasteiger charge is 2.00. The molecule has 2 N–H and O–H groups in total. The summed E-state index contributed by atoms with van der Waals surface area (Å²) in [7, 11) is 0. The van der Waals surface area contributed by atoms with Gasteiger partial charge in [0.15, 0.2) is 5.11 Å². The van der Waals surface area contributed by atoms with Crippen molar-refractivity contribution >= 4 is 28.7 Å². The molecule has 0 aliphatic heterocycles. The molecule has 4 nitrogen and oxygen atoms in total. The molecule has 6 heteroatoms. The fourth-order valence-electron chi connectivity index (χ4n) is 1.85. The Labute approximate surface area is 140 Å². The van der Waals surface area contributed by atoms with E-state index in [1.165, 1.54) is 12.1 Å². The summed E-state index contributed by atoms with van der Waals surface area (Å²) in [6.45, 7) is 4.39. The average molecular weight is 331 g/mol. The van der Waals surface area contributed by atoms with E-state index in [0.29, 0.717) is 17.4 Å². The van der Waals surface area contributed by atoms with E-state index in [9.17, 15) is 4.39 Å². The Morgan fingerprint density at radius 3 is 2.39 bits per heavy atom. The highest BCUT2D eigenvalue weighted by Crippen LogP contribution is 2.15. The third-order valence-corrected chi connectivity index (χ3v) is 3.20. The van der Waals surface area contributed by atoms with E-state index in [1.54, 1.807) is 12.1 Å². The highest BCUT2D eigenvalue weighted by atomic mass is 32.1. The molecular weight excluding hydrogens is 313 g/mol. The van der Waals surface area contributed by atoms with Crippen LogP contribution >= 0.6 is 12.2 Å². The molecule has 0 saturated heterocycles. The number of nitrogens with one attached hydrogen (secondary N) is 2. The van der Waals surface area contributed by atoms with Crippen LogP contribution in [0.3, 0.4) is 0 Å². The van der Waals surface area contributed by atoms with E-state index in [4.69, 9.17) is 17.0 Å². The van der Waals surface area contributed by atoms with Crippen molar-refractivity contribution in [2.45, 2.75) is 13.8 Å². The zero-order valence-electron chi connectivity index (χ0n) is 13.0. The number of thiocarbonyl (C=S) groups is 1. The molecule has 0 amide bonds. The Bertz CT molecular complexity index is 684. The van der Waals surface area contributed by atoms with Crippen LogP contribution in [0, 0.1) is 5.82 Å². The molecule has 0 spiro atoms. The highest BCUT2D eigenvalue weighted by molar-refractivity contribution is 7.80. The first-order valence-corrected chi connectivity index (χ1v) is 7.59. The number of anilines is 1. The lowest BCUT2D eigenvalue weighted by atomic mass is 10.1. The Balaban J connectivity index is 1.91. The maximum Gasteiger partial charge on any atom is 0.191 e. The van der Waals surface area contributed by atoms with Crippen LogP contribution in [0.5, 0.6) is 5.75 Å². The molecule has 0 aliphatic carbocycles. The van der Waals surface area contributed by atoms with E-state index in [1.807, 2.05) is 38.1 Å². The van der Waals surface area contributed by atoms with Crippen LogP contribution in [-0.2, 0) is 0 Å². The number of nitrogens with zero attached hydrogens (tertiary/aromatic N) is 1. The molecule has 0 atom stereocenters. The molecule has 2 aromatic rings. The smallest absolute Gasteiger partial charge is 0.191 e. The van der Waals surface area contributed by atoms with Gasteiger partial charge < -0.3 is 10.1 Å². The van der Waals surface area contributed by atoms with Crippen LogP contribution in [0.1, 0.15) is 19.4 Å². The van der Waals surface area contributed by atoms with Crippen LogP contribution < -0.4 is 15.5 Å². The Hall–Kier alpha value is -2.47. The molecule has 23 heavy (non-hydrogen) atoms. The second-order valence-electron chi connectivity index (χ2n) is 4.73.